The molecule has 3 rings (SSSR count). The third-order valence-electron chi connectivity index (χ3n) is 4.83. The molecule has 1 aromatic rings. The lowest BCUT2D eigenvalue weighted by molar-refractivity contribution is 0.124. The molecule has 1 aromatic carbocycles. The van der Waals surface area contributed by atoms with Gasteiger partial charge in [-0.25, -0.2) is 13.1 Å². The number of piperazine rings is 1. The summed E-state index contributed by atoms with van der Waals surface area (Å²) in [4.78, 5) is 4.95. The van der Waals surface area contributed by atoms with Gasteiger partial charge in [-0.15, -0.1) is 0 Å². The molecule has 0 aliphatic carbocycles. The molecule has 6 nitrogen and oxygen atoms in total. The Labute approximate surface area is 144 Å². The van der Waals surface area contributed by atoms with Crippen molar-refractivity contribution in [3.05, 3.63) is 23.8 Å². The molecule has 2 fully saturated rings. The number of ether oxygens (including phenoxy) is 1. The number of likely N-dealkylation sites (N-methyl/N-ethyl adjacent to an activating group) is 1. The Morgan fingerprint density at radius 3 is 2.83 bits per heavy atom. The predicted octanol–water partition coefficient (Wildman–Crippen LogP) is 1.06. The van der Waals surface area contributed by atoms with Crippen LogP contribution in [0.25, 0.3) is 0 Å². The molecule has 2 aliphatic heterocycles. The molecular weight excluding hydrogens is 326 g/mol. The molecular formula is C17H27N3O3S. The van der Waals surface area contributed by atoms with Crippen LogP contribution in [0.5, 0.6) is 5.75 Å². The Bertz CT molecular complexity index is 692. The zero-order valence-electron chi connectivity index (χ0n) is 14.7. The number of sulfonamides is 1. The average molecular weight is 353 g/mol. The van der Waals surface area contributed by atoms with Gasteiger partial charge < -0.3 is 9.64 Å². The lowest BCUT2D eigenvalue weighted by atomic mass is 10.1. The summed E-state index contributed by atoms with van der Waals surface area (Å²) in [5.74, 6) is 0.422. The normalized spacial score (nSPS) is 25.6. The molecule has 134 valence electrons. The van der Waals surface area contributed by atoms with E-state index in [-0.39, 0.29) is 10.9 Å². The zero-order valence-corrected chi connectivity index (χ0v) is 15.5. The number of benzene rings is 1. The van der Waals surface area contributed by atoms with Crippen molar-refractivity contribution in [2.45, 2.75) is 37.2 Å². The summed E-state index contributed by atoms with van der Waals surface area (Å²) in [5, 5.41) is 0. The van der Waals surface area contributed by atoms with Crippen molar-refractivity contribution in [1.29, 1.82) is 0 Å². The molecule has 2 heterocycles. The van der Waals surface area contributed by atoms with Crippen LogP contribution in [-0.4, -0.2) is 70.1 Å². The first-order chi connectivity index (χ1) is 11.4. The van der Waals surface area contributed by atoms with Crippen LogP contribution >= 0.6 is 0 Å². The number of hydrogen-bond donors (Lipinski definition) is 1. The fourth-order valence-electron chi connectivity index (χ4n) is 3.67. The molecule has 1 N–H and O–H groups in total. The van der Waals surface area contributed by atoms with E-state index < -0.39 is 10.0 Å². The zero-order chi connectivity index (χ0) is 17.3. The number of nitrogens with zero attached hydrogens (tertiary/aromatic N) is 2. The van der Waals surface area contributed by atoms with Crippen LogP contribution in [0.3, 0.4) is 0 Å². The van der Waals surface area contributed by atoms with Crippen molar-refractivity contribution in [3.8, 4) is 5.75 Å². The Kier molecular flexibility index (Phi) is 5.15. The van der Waals surface area contributed by atoms with Crippen LogP contribution in [0.1, 0.15) is 18.9 Å². The van der Waals surface area contributed by atoms with E-state index in [1.54, 1.807) is 12.1 Å². The van der Waals surface area contributed by atoms with Crippen LogP contribution in [-0.2, 0) is 10.0 Å². The second-order valence-electron chi connectivity index (χ2n) is 6.85. The Hall–Kier alpha value is -1.15. The minimum Gasteiger partial charge on any atom is -0.492 e. The molecule has 0 spiro atoms. The molecule has 0 aromatic heterocycles. The van der Waals surface area contributed by atoms with Crippen molar-refractivity contribution >= 4 is 10.0 Å². The van der Waals surface area contributed by atoms with E-state index in [1.165, 1.54) is 0 Å². The molecule has 2 aliphatic rings. The van der Waals surface area contributed by atoms with Gasteiger partial charge in [0.25, 0.3) is 0 Å². The Morgan fingerprint density at radius 1 is 1.29 bits per heavy atom. The van der Waals surface area contributed by atoms with E-state index in [0.717, 1.165) is 38.2 Å². The topological polar surface area (TPSA) is 61.9 Å². The summed E-state index contributed by atoms with van der Waals surface area (Å²) >= 11 is 0. The highest BCUT2D eigenvalue weighted by molar-refractivity contribution is 7.89. The monoisotopic (exact) mass is 353 g/mol. The third-order valence-corrected chi connectivity index (χ3v) is 6.37. The van der Waals surface area contributed by atoms with Crippen molar-refractivity contribution in [2.24, 2.45) is 0 Å². The maximum atomic E-state index is 12.9. The highest BCUT2D eigenvalue weighted by Crippen LogP contribution is 2.27. The van der Waals surface area contributed by atoms with E-state index >= 15 is 0 Å². The summed E-state index contributed by atoms with van der Waals surface area (Å²) in [6, 6.07) is 5.70. The van der Waals surface area contributed by atoms with Crippen molar-refractivity contribution in [3.63, 3.8) is 0 Å². The third kappa shape index (κ3) is 3.74. The molecule has 24 heavy (non-hydrogen) atoms. The number of nitrogens with one attached hydrogen (secondary N) is 1. The van der Waals surface area contributed by atoms with Gasteiger partial charge in [-0.1, -0.05) is 6.07 Å². The second-order valence-corrected chi connectivity index (χ2v) is 8.53. The van der Waals surface area contributed by atoms with Gasteiger partial charge in [0.15, 0.2) is 0 Å². The van der Waals surface area contributed by atoms with Gasteiger partial charge in [-0.2, -0.15) is 0 Å². The molecule has 0 radical (unpaired) electrons. The first kappa shape index (κ1) is 17.7. The van der Waals surface area contributed by atoms with E-state index in [9.17, 15) is 8.42 Å². The van der Waals surface area contributed by atoms with Gasteiger partial charge in [-0.3, -0.25) is 4.90 Å². The van der Waals surface area contributed by atoms with Gasteiger partial charge in [0, 0.05) is 38.3 Å². The summed E-state index contributed by atoms with van der Waals surface area (Å²) in [6.45, 7) is 8.03. The van der Waals surface area contributed by atoms with Crippen LogP contribution in [0.4, 0.5) is 0 Å². The summed E-state index contributed by atoms with van der Waals surface area (Å²) in [6.07, 6.45) is 0.860. The Balaban J connectivity index is 1.76. The minimum atomic E-state index is -3.59. The fourth-order valence-corrected chi connectivity index (χ4v) is 5.14. The van der Waals surface area contributed by atoms with Gasteiger partial charge in [0.1, 0.15) is 10.6 Å². The van der Waals surface area contributed by atoms with Crippen LogP contribution in [0.15, 0.2) is 23.1 Å². The van der Waals surface area contributed by atoms with Crippen LogP contribution < -0.4 is 9.46 Å². The number of fused-ring (bicyclic) bond motifs is 1. The molecule has 7 heteroatoms. The van der Waals surface area contributed by atoms with Gasteiger partial charge in [-0.05, 0) is 45.0 Å². The molecule has 2 atom stereocenters. The molecule has 0 bridgehead atoms. The second kappa shape index (κ2) is 7.00. The van der Waals surface area contributed by atoms with E-state index in [2.05, 4.69) is 21.6 Å². The van der Waals surface area contributed by atoms with E-state index in [0.29, 0.717) is 18.4 Å². The lowest BCUT2D eigenvalue weighted by Gasteiger charge is -2.35. The van der Waals surface area contributed by atoms with Crippen molar-refractivity contribution < 1.29 is 13.2 Å². The maximum absolute atomic E-state index is 12.9. The largest absolute Gasteiger partial charge is 0.492 e. The highest BCUT2D eigenvalue weighted by atomic mass is 32.2. The van der Waals surface area contributed by atoms with Crippen molar-refractivity contribution in [1.82, 2.24) is 14.5 Å². The predicted molar refractivity (Wildman–Crippen MR) is 93.9 cm³/mol. The molecule has 0 amide bonds. The molecule has 0 unspecified atom stereocenters. The first-order valence-electron chi connectivity index (χ1n) is 8.57. The van der Waals surface area contributed by atoms with Gasteiger partial charge >= 0.3 is 0 Å². The molecule has 0 saturated carbocycles. The number of rotatable bonds is 5. The first-order valence-corrected chi connectivity index (χ1v) is 10.1. The molecule has 2 saturated heterocycles. The number of hydrogen-bond acceptors (Lipinski definition) is 5. The van der Waals surface area contributed by atoms with E-state index in [1.807, 2.05) is 19.9 Å². The fraction of sp³-hybridized carbons (Fsp3) is 0.647. The van der Waals surface area contributed by atoms with Gasteiger partial charge in [0.2, 0.25) is 10.0 Å². The van der Waals surface area contributed by atoms with Crippen LogP contribution in [0.2, 0.25) is 0 Å². The smallest absolute Gasteiger partial charge is 0.244 e. The minimum absolute atomic E-state index is 0.0403. The maximum Gasteiger partial charge on any atom is 0.244 e. The van der Waals surface area contributed by atoms with Gasteiger partial charge in [0.05, 0.1) is 6.61 Å². The van der Waals surface area contributed by atoms with Crippen molar-refractivity contribution in [2.75, 3.05) is 39.8 Å². The summed E-state index contributed by atoms with van der Waals surface area (Å²) < 4.78 is 34.2. The highest BCUT2D eigenvalue weighted by Gasteiger charge is 2.37. The SMILES string of the molecule is CCOc1ccc(C)cc1S(=O)(=O)N[C@H]1C[C@H]2CN(C)CCN2C1. The lowest BCUT2D eigenvalue weighted by Crippen LogP contribution is -2.48. The van der Waals surface area contributed by atoms with Crippen LogP contribution in [0, 0.1) is 6.92 Å². The quantitative estimate of drug-likeness (QED) is 0.858. The average Bonchev–Trinajstić information content (AvgIpc) is 2.89. The summed E-state index contributed by atoms with van der Waals surface area (Å²) in [7, 11) is -1.47. The summed E-state index contributed by atoms with van der Waals surface area (Å²) in [5.41, 5.74) is 0.907. The standard InChI is InChI=1S/C17H27N3O3S/c1-4-23-16-6-5-13(2)9-17(16)24(21,22)18-14-10-15-12-19(3)7-8-20(15)11-14/h5-6,9,14-15,18H,4,7-8,10-12H2,1-3H3/t14-,15-/m0/s1. The Morgan fingerprint density at radius 2 is 2.08 bits per heavy atom. The number of aryl methyl sites for hydroxylation is 1. The van der Waals surface area contributed by atoms with E-state index in [4.69, 9.17) is 4.74 Å².